The van der Waals surface area contributed by atoms with Gasteiger partial charge in [-0.15, -0.1) is 0 Å². The van der Waals surface area contributed by atoms with Gasteiger partial charge in [0.15, 0.2) is 0 Å². The van der Waals surface area contributed by atoms with Crippen molar-refractivity contribution in [2.45, 2.75) is 32.9 Å². The summed E-state index contributed by atoms with van der Waals surface area (Å²) in [6, 6.07) is 14.9. The minimum Gasteiger partial charge on any atom is -0.326 e. The van der Waals surface area contributed by atoms with E-state index >= 15 is 0 Å². The Bertz CT molecular complexity index is 909. The van der Waals surface area contributed by atoms with Crippen LogP contribution in [0.25, 0.3) is 0 Å². The lowest BCUT2D eigenvalue weighted by Gasteiger charge is -2.26. The lowest BCUT2D eigenvalue weighted by Crippen LogP contribution is -2.44. The third kappa shape index (κ3) is 4.09. The quantitative estimate of drug-likeness (QED) is 0.808. The molecule has 1 saturated heterocycles. The number of rotatable bonds is 5. The van der Waals surface area contributed by atoms with E-state index in [1.807, 2.05) is 30.3 Å². The van der Waals surface area contributed by atoms with E-state index in [0.717, 1.165) is 10.5 Å². The van der Waals surface area contributed by atoms with E-state index in [1.165, 1.54) is 18.7 Å². The van der Waals surface area contributed by atoms with Crippen molar-refractivity contribution in [1.82, 2.24) is 4.90 Å². The van der Waals surface area contributed by atoms with Crippen LogP contribution in [0.3, 0.4) is 0 Å². The van der Waals surface area contributed by atoms with Gasteiger partial charge in [-0.2, -0.15) is 0 Å². The molecule has 3 rings (SSSR count). The molecule has 2 aromatic carbocycles. The van der Waals surface area contributed by atoms with Crippen molar-refractivity contribution < 1.29 is 19.2 Å². The number of anilines is 2. The molecule has 1 aliphatic rings. The van der Waals surface area contributed by atoms with Gasteiger partial charge in [-0.05, 0) is 29.8 Å². The number of hydrogen-bond donors (Lipinski definition) is 1. The number of benzene rings is 2. The molecule has 0 radical (unpaired) electrons. The normalized spacial score (nSPS) is 16.2. The molecule has 0 spiro atoms. The zero-order chi connectivity index (χ0) is 20.3. The van der Waals surface area contributed by atoms with Gasteiger partial charge in [0.25, 0.3) is 5.91 Å². The summed E-state index contributed by atoms with van der Waals surface area (Å²) in [7, 11) is 0. The molecule has 1 aliphatic heterocycles. The maximum absolute atomic E-state index is 13.0. The Morgan fingerprint density at radius 1 is 1.04 bits per heavy atom. The first-order valence-corrected chi connectivity index (χ1v) is 8.92. The van der Waals surface area contributed by atoms with E-state index in [-0.39, 0.29) is 30.7 Å². The van der Waals surface area contributed by atoms with Crippen molar-refractivity contribution in [3.05, 3.63) is 60.2 Å². The summed E-state index contributed by atoms with van der Waals surface area (Å²) < 4.78 is 0. The van der Waals surface area contributed by atoms with Gasteiger partial charge in [0.2, 0.25) is 17.7 Å². The van der Waals surface area contributed by atoms with E-state index in [1.54, 1.807) is 24.3 Å². The van der Waals surface area contributed by atoms with E-state index in [0.29, 0.717) is 11.4 Å². The average Bonchev–Trinajstić information content (AvgIpc) is 2.95. The summed E-state index contributed by atoms with van der Waals surface area (Å²) in [4.78, 5) is 51.3. The van der Waals surface area contributed by atoms with Gasteiger partial charge in [-0.1, -0.05) is 30.3 Å². The minimum absolute atomic E-state index is 0.0569. The monoisotopic (exact) mass is 379 g/mol. The summed E-state index contributed by atoms with van der Waals surface area (Å²) in [5.74, 6) is -1.26. The molecule has 0 aliphatic carbocycles. The van der Waals surface area contributed by atoms with Crippen LogP contribution in [0.1, 0.15) is 25.8 Å². The molecule has 1 unspecified atom stereocenters. The number of carbonyl (C=O) groups is 4. The van der Waals surface area contributed by atoms with Gasteiger partial charge in [-0.3, -0.25) is 19.2 Å². The number of imide groups is 1. The van der Waals surface area contributed by atoms with Crippen molar-refractivity contribution in [2.75, 3.05) is 10.2 Å². The molecule has 7 heteroatoms. The predicted octanol–water partition coefficient (Wildman–Crippen LogP) is 2.33. The first-order chi connectivity index (χ1) is 13.4. The Morgan fingerprint density at radius 3 is 2.25 bits per heavy atom. The van der Waals surface area contributed by atoms with Crippen LogP contribution in [-0.4, -0.2) is 34.6 Å². The van der Waals surface area contributed by atoms with Crippen LogP contribution in [0, 0.1) is 0 Å². The molecule has 0 saturated carbocycles. The summed E-state index contributed by atoms with van der Waals surface area (Å²) in [5, 5.41) is 2.63. The van der Waals surface area contributed by atoms with E-state index in [4.69, 9.17) is 0 Å². The highest BCUT2D eigenvalue weighted by atomic mass is 16.2. The maximum Gasteiger partial charge on any atom is 0.257 e. The standard InChI is InChI=1S/C21H21N3O4/c1-14(25)22-17-8-10-18(11-9-17)24-20(27)12-19(21(24)28)23(15(2)26)13-16-6-4-3-5-7-16/h3-11,19H,12-13H2,1-2H3,(H,22,25). The Morgan fingerprint density at radius 2 is 1.68 bits per heavy atom. The van der Waals surface area contributed by atoms with Crippen LogP contribution in [0.2, 0.25) is 0 Å². The van der Waals surface area contributed by atoms with E-state index in [9.17, 15) is 19.2 Å². The fourth-order valence-corrected chi connectivity index (χ4v) is 3.25. The topological polar surface area (TPSA) is 86.8 Å². The number of carbonyl (C=O) groups excluding carboxylic acids is 4. The number of hydrogen-bond acceptors (Lipinski definition) is 4. The summed E-state index contributed by atoms with van der Waals surface area (Å²) in [6.07, 6.45) is -0.0569. The van der Waals surface area contributed by atoms with E-state index < -0.39 is 11.9 Å². The molecule has 4 amide bonds. The Labute approximate surface area is 162 Å². The first-order valence-electron chi connectivity index (χ1n) is 8.92. The van der Waals surface area contributed by atoms with Crippen molar-refractivity contribution in [1.29, 1.82) is 0 Å². The number of nitrogens with zero attached hydrogens (tertiary/aromatic N) is 2. The highest BCUT2D eigenvalue weighted by molar-refractivity contribution is 6.23. The second-order valence-electron chi connectivity index (χ2n) is 6.65. The SMILES string of the molecule is CC(=O)Nc1ccc(N2C(=O)CC(N(Cc3ccccc3)C(C)=O)C2=O)cc1. The van der Waals surface area contributed by atoms with Crippen LogP contribution >= 0.6 is 0 Å². The van der Waals surface area contributed by atoms with E-state index in [2.05, 4.69) is 5.32 Å². The summed E-state index contributed by atoms with van der Waals surface area (Å²) in [5.41, 5.74) is 1.87. The summed E-state index contributed by atoms with van der Waals surface area (Å²) >= 11 is 0. The Kier molecular flexibility index (Phi) is 5.54. The van der Waals surface area contributed by atoms with Crippen LogP contribution in [0.15, 0.2) is 54.6 Å². The Balaban J connectivity index is 1.81. The zero-order valence-corrected chi connectivity index (χ0v) is 15.7. The second kappa shape index (κ2) is 8.04. The average molecular weight is 379 g/mol. The third-order valence-electron chi connectivity index (χ3n) is 4.55. The molecule has 1 heterocycles. The number of nitrogens with one attached hydrogen (secondary N) is 1. The maximum atomic E-state index is 13.0. The highest BCUT2D eigenvalue weighted by Gasteiger charge is 2.43. The predicted molar refractivity (Wildman–Crippen MR) is 104 cm³/mol. The second-order valence-corrected chi connectivity index (χ2v) is 6.65. The van der Waals surface area contributed by atoms with Crippen molar-refractivity contribution >= 4 is 35.0 Å². The van der Waals surface area contributed by atoms with Crippen LogP contribution in [-0.2, 0) is 25.7 Å². The summed E-state index contributed by atoms with van der Waals surface area (Å²) in [6.45, 7) is 3.05. The van der Waals surface area contributed by atoms with Gasteiger partial charge in [0.1, 0.15) is 6.04 Å². The molecular formula is C21H21N3O4. The van der Waals surface area contributed by atoms with Crippen LogP contribution in [0.5, 0.6) is 0 Å². The molecule has 1 atom stereocenters. The molecule has 1 fully saturated rings. The number of amides is 4. The third-order valence-corrected chi connectivity index (χ3v) is 4.55. The molecule has 0 aromatic heterocycles. The van der Waals surface area contributed by atoms with Crippen LogP contribution in [0.4, 0.5) is 11.4 Å². The molecule has 1 N–H and O–H groups in total. The van der Waals surface area contributed by atoms with Gasteiger partial charge >= 0.3 is 0 Å². The van der Waals surface area contributed by atoms with Crippen LogP contribution < -0.4 is 10.2 Å². The van der Waals surface area contributed by atoms with Gasteiger partial charge in [-0.25, -0.2) is 4.90 Å². The fourth-order valence-electron chi connectivity index (χ4n) is 3.25. The van der Waals surface area contributed by atoms with Gasteiger partial charge in [0.05, 0.1) is 12.1 Å². The fraction of sp³-hybridized carbons (Fsp3) is 0.238. The van der Waals surface area contributed by atoms with Crippen molar-refractivity contribution in [2.24, 2.45) is 0 Å². The smallest absolute Gasteiger partial charge is 0.257 e. The lowest BCUT2D eigenvalue weighted by molar-refractivity contribution is -0.137. The molecule has 0 bridgehead atoms. The van der Waals surface area contributed by atoms with Gasteiger partial charge in [0, 0.05) is 26.1 Å². The lowest BCUT2D eigenvalue weighted by atomic mass is 10.1. The van der Waals surface area contributed by atoms with Crippen molar-refractivity contribution in [3.63, 3.8) is 0 Å². The Hall–Kier alpha value is -3.48. The highest BCUT2D eigenvalue weighted by Crippen LogP contribution is 2.27. The minimum atomic E-state index is -0.833. The molecule has 7 nitrogen and oxygen atoms in total. The van der Waals surface area contributed by atoms with Crippen molar-refractivity contribution in [3.8, 4) is 0 Å². The first kappa shape index (κ1) is 19.3. The van der Waals surface area contributed by atoms with Gasteiger partial charge < -0.3 is 10.2 Å². The largest absolute Gasteiger partial charge is 0.326 e. The zero-order valence-electron chi connectivity index (χ0n) is 15.7. The molecule has 2 aromatic rings. The molecule has 28 heavy (non-hydrogen) atoms. The molecular weight excluding hydrogens is 358 g/mol. The molecule has 144 valence electrons.